The quantitative estimate of drug-likeness (QED) is 0.480. The maximum absolute atomic E-state index is 14.2. The van der Waals surface area contributed by atoms with Gasteiger partial charge in [0, 0.05) is 29.4 Å². The Bertz CT molecular complexity index is 1230. The summed E-state index contributed by atoms with van der Waals surface area (Å²) in [5.41, 5.74) is -0.505. The van der Waals surface area contributed by atoms with Crippen LogP contribution < -0.4 is 10.6 Å². The third-order valence-electron chi connectivity index (χ3n) is 7.64. The molecule has 2 aliphatic heterocycles. The lowest BCUT2D eigenvalue weighted by atomic mass is 9.80. The minimum atomic E-state index is -3.10. The average Bonchev–Trinajstić information content (AvgIpc) is 3.40. The Hall–Kier alpha value is -3.41. The van der Waals surface area contributed by atoms with E-state index in [1.165, 1.54) is 4.90 Å². The molecule has 0 radical (unpaired) electrons. The Kier molecular flexibility index (Phi) is 6.25. The summed E-state index contributed by atoms with van der Waals surface area (Å²) < 4.78 is 24.5. The summed E-state index contributed by atoms with van der Waals surface area (Å²) >= 11 is 0. The van der Waals surface area contributed by atoms with Crippen LogP contribution in [0.5, 0.6) is 0 Å². The lowest BCUT2D eigenvalue weighted by molar-refractivity contribution is -0.152. The molecule has 1 aliphatic carbocycles. The van der Waals surface area contributed by atoms with Crippen molar-refractivity contribution in [2.24, 2.45) is 5.41 Å². The van der Waals surface area contributed by atoms with Crippen molar-refractivity contribution in [3.63, 3.8) is 0 Å². The smallest absolute Gasteiger partial charge is 0.312 e. The van der Waals surface area contributed by atoms with Gasteiger partial charge in [-0.15, -0.1) is 0 Å². The van der Waals surface area contributed by atoms with Crippen LogP contribution in [0.4, 0.5) is 5.69 Å². The standard InChI is InChI=1S/C28H37N5O4/c1-27(2,3)15-21(32(5)25(36)23(34)30-18-11-7-6-8-12-18)24(35)33-17-28(16-22(33)29-4)19-13-9-10-14-20(19)31-26(28)37/h9-10,13-14,18,21-22H,6-8,11-12,15-17H2,1-3,5H3,(H,30,34)(H,31,37)/t21-,22-,28-/m0/s1/i5D3. The van der Waals surface area contributed by atoms with E-state index in [1.54, 1.807) is 45.0 Å². The number of nitrogens with one attached hydrogen (secondary N) is 2. The maximum atomic E-state index is 14.2. The van der Waals surface area contributed by atoms with Crippen molar-refractivity contribution >= 4 is 29.3 Å². The first kappa shape index (κ1) is 22.8. The van der Waals surface area contributed by atoms with E-state index in [-0.39, 0.29) is 31.3 Å². The Morgan fingerprint density at radius 2 is 1.97 bits per heavy atom. The van der Waals surface area contributed by atoms with Crippen LogP contribution in [0, 0.1) is 12.0 Å². The number of likely N-dealkylation sites (tertiary alicyclic amines) is 1. The number of fused-ring (bicyclic) bond motifs is 2. The van der Waals surface area contributed by atoms with Crippen molar-refractivity contribution < 1.29 is 23.3 Å². The van der Waals surface area contributed by atoms with Gasteiger partial charge in [-0.05, 0) is 36.3 Å². The van der Waals surface area contributed by atoms with Gasteiger partial charge in [-0.3, -0.25) is 28.9 Å². The fourth-order valence-corrected chi connectivity index (χ4v) is 5.76. The highest BCUT2D eigenvalue weighted by Crippen LogP contribution is 2.47. The number of amides is 4. The van der Waals surface area contributed by atoms with Crippen molar-refractivity contribution in [2.75, 3.05) is 18.8 Å². The largest absolute Gasteiger partial charge is 0.345 e. The first-order valence-corrected chi connectivity index (χ1v) is 12.9. The minimum Gasteiger partial charge on any atom is -0.345 e. The topological polar surface area (TPSA) is 103 Å². The van der Waals surface area contributed by atoms with E-state index in [1.807, 2.05) is 0 Å². The fraction of sp³-hybridized carbons (Fsp3) is 0.607. The molecule has 1 aromatic carbocycles. The van der Waals surface area contributed by atoms with E-state index in [0.29, 0.717) is 29.0 Å². The normalized spacial score (nSPS) is 25.8. The van der Waals surface area contributed by atoms with Crippen LogP contribution >= 0.6 is 0 Å². The molecule has 0 bridgehead atoms. The predicted octanol–water partition coefficient (Wildman–Crippen LogP) is 3.07. The predicted molar refractivity (Wildman–Crippen MR) is 139 cm³/mol. The molecule has 1 aromatic rings. The molecule has 4 rings (SSSR count). The van der Waals surface area contributed by atoms with Crippen LogP contribution in [0.2, 0.25) is 0 Å². The number of hydrogen-bond acceptors (Lipinski definition) is 4. The summed E-state index contributed by atoms with van der Waals surface area (Å²) in [5.74, 6) is -3.45. The number of benzene rings is 1. The lowest BCUT2D eigenvalue weighted by Crippen LogP contribution is -2.55. The Morgan fingerprint density at radius 3 is 2.62 bits per heavy atom. The summed E-state index contributed by atoms with van der Waals surface area (Å²) in [6.07, 6.45) is 3.16. The molecule has 0 unspecified atom stereocenters. The zero-order valence-corrected chi connectivity index (χ0v) is 21.7. The van der Waals surface area contributed by atoms with Crippen LogP contribution in [-0.4, -0.2) is 65.2 Å². The second-order valence-electron chi connectivity index (χ2n) is 11.6. The van der Waals surface area contributed by atoms with Crippen molar-refractivity contribution in [3.05, 3.63) is 41.2 Å². The number of carbonyl (C=O) groups is 4. The fourth-order valence-electron chi connectivity index (χ4n) is 5.76. The summed E-state index contributed by atoms with van der Waals surface area (Å²) in [4.78, 5) is 59.2. The van der Waals surface area contributed by atoms with E-state index in [4.69, 9.17) is 10.7 Å². The highest BCUT2D eigenvalue weighted by Gasteiger charge is 2.59. The summed E-state index contributed by atoms with van der Waals surface area (Å²) in [6.45, 7) is 9.97. The Balaban J connectivity index is 1.69. The number of likely N-dealkylation sites (N-methyl/N-ethyl adjacent to an activating group) is 1. The molecule has 3 aliphatic rings. The molecular formula is C28H37N5O4. The summed E-state index contributed by atoms with van der Waals surface area (Å²) in [6, 6.07) is 5.31. The van der Waals surface area contributed by atoms with Gasteiger partial charge in [0.1, 0.15) is 11.5 Å². The molecule has 0 aromatic heterocycles. The van der Waals surface area contributed by atoms with Gasteiger partial charge in [-0.1, -0.05) is 58.2 Å². The highest BCUT2D eigenvalue weighted by atomic mass is 16.2. The van der Waals surface area contributed by atoms with Gasteiger partial charge in [-0.25, -0.2) is 6.57 Å². The molecule has 3 atom stereocenters. The molecule has 2 N–H and O–H groups in total. The third kappa shape index (κ3) is 5.20. The van der Waals surface area contributed by atoms with Crippen LogP contribution in [0.3, 0.4) is 0 Å². The summed E-state index contributed by atoms with van der Waals surface area (Å²) in [7, 11) is 0. The first-order chi connectivity index (χ1) is 18.7. The maximum Gasteiger partial charge on any atom is 0.312 e. The molecule has 9 heteroatoms. The van der Waals surface area contributed by atoms with E-state index in [2.05, 4.69) is 15.5 Å². The van der Waals surface area contributed by atoms with Gasteiger partial charge in [0.05, 0.1) is 6.42 Å². The third-order valence-corrected chi connectivity index (χ3v) is 7.64. The van der Waals surface area contributed by atoms with Crippen LogP contribution in [0.15, 0.2) is 24.3 Å². The van der Waals surface area contributed by atoms with Crippen molar-refractivity contribution in [2.45, 2.75) is 89.4 Å². The van der Waals surface area contributed by atoms with Gasteiger partial charge < -0.3 is 15.5 Å². The number of rotatable bonds is 4. The molecule has 1 saturated heterocycles. The molecule has 1 spiro atoms. The van der Waals surface area contributed by atoms with Gasteiger partial charge in [0.25, 0.3) is 5.91 Å². The number of anilines is 1. The first-order valence-electron chi connectivity index (χ1n) is 14.4. The van der Waals surface area contributed by atoms with E-state index < -0.39 is 47.7 Å². The van der Waals surface area contributed by atoms with Crippen LogP contribution in [0.1, 0.15) is 75.4 Å². The van der Waals surface area contributed by atoms with E-state index in [0.717, 1.165) is 19.3 Å². The lowest BCUT2D eigenvalue weighted by Gasteiger charge is -2.35. The van der Waals surface area contributed by atoms with Crippen LogP contribution in [0.25, 0.3) is 4.85 Å². The number of nitrogens with zero attached hydrogens (tertiary/aromatic N) is 3. The molecular weight excluding hydrogens is 470 g/mol. The van der Waals surface area contributed by atoms with Crippen molar-refractivity contribution in [1.82, 2.24) is 15.1 Å². The van der Waals surface area contributed by atoms with Gasteiger partial charge in [-0.2, -0.15) is 0 Å². The molecule has 37 heavy (non-hydrogen) atoms. The van der Waals surface area contributed by atoms with Gasteiger partial charge >= 0.3 is 18.0 Å². The molecule has 2 heterocycles. The monoisotopic (exact) mass is 510 g/mol. The molecule has 4 amide bonds. The van der Waals surface area contributed by atoms with Gasteiger partial charge in [0.2, 0.25) is 5.91 Å². The molecule has 1 saturated carbocycles. The van der Waals surface area contributed by atoms with Crippen LogP contribution in [-0.2, 0) is 24.6 Å². The van der Waals surface area contributed by atoms with Gasteiger partial charge in [0.15, 0.2) is 0 Å². The Morgan fingerprint density at radius 1 is 1.27 bits per heavy atom. The summed E-state index contributed by atoms with van der Waals surface area (Å²) in [5, 5.41) is 5.50. The zero-order valence-electron chi connectivity index (χ0n) is 24.7. The number of carbonyl (C=O) groups excluding carboxylic acids is 4. The highest BCUT2D eigenvalue weighted by molar-refractivity contribution is 6.35. The minimum absolute atomic E-state index is 0.0389. The second-order valence-corrected chi connectivity index (χ2v) is 11.6. The van der Waals surface area contributed by atoms with Crippen molar-refractivity contribution in [3.8, 4) is 0 Å². The molecule has 9 nitrogen and oxygen atoms in total. The zero-order chi connectivity index (χ0) is 29.5. The molecule has 198 valence electrons. The van der Waals surface area contributed by atoms with Crippen molar-refractivity contribution in [1.29, 1.82) is 0 Å². The second kappa shape index (κ2) is 10.2. The SMILES string of the molecule is [2H]C([2H])([2H])N(C(=O)C(=O)NC1CCCCC1)[C@@H](CC(C)(C)C)C(=O)N1C[C@]2(C[C@H]1[N+]#[C-])C(=O)Nc1ccccc12. The number of para-hydroxylation sites is 1. The number of hydrogen-bond donors (Lipinski definition) is 2. The van der Waals surface area contributed by atoms with E-state index >= 15 is 0 Å². The average molecular weight is 511 g/mol. The Labute approximate surface area is 223 Å². The molecule has 2 fully saturated rings. The van der Waals surface area contributed by atoms with E-state index in [9.17, 15) is 19.2 Å².